The monoisotopic (exact) mass is 325 g/mol. The van der Waals surface area contributed by atoms with Crippen LogP contribution < -0.4 is 5.32 Å². The van der Waals surface area contributed by atoms with Crippen LogP contribution in [0.2, 0.25) is 0 Å². The summed E-state index contributed by atoms with van der Waals surface area (Å²) in [6, 6.07) is 1.40. The Labute approximate surface area is 148 Å². The van der Waals surface area contributed by atoms with Gasteiger partial charge in [-0.1, -0.05) is 104 Å². The molecule has 0 bridgehead atoms. The highest BCUT2D eigenvalue weighted by atomic mass is 14.9. The van der Waals surface area contributed by atoms with Crippen LogP contribution in [0.15, 0.2) is 0 Å². The Morgan fingerprint density at radius 3 is 1.13 bits per heavy atom. The Hall–Kier alpha value is -0.0400. The van der Waals surface area contributed by atoms with Crippen molar-refractivity contribution in [1.82, 2.24) is 5.32 Å². The quantitative estimate of drug-likeness (QED) is 0.255. The minimum absolute atomic E-state index is 0.699. The third-order valence-corrected chi connectivity index (χ3v) is 5.05. The zero-order chi connectivity index (χ0) is 17.2. The number of rotatable bonds is 18. The van der Waals surface area contributed by atoms with Crippen LogP contribution in [-0.2, 0) is 0 Å². The van der Waals surface area contributed by atoms with Gasteiger partial charge >= 0.3 is 0 Å². The minimum Gasteiger partial charge on any atom is -0.312 e. The van der Waals surface area contributed by atoms with Gasteiger partial charge in [-0.25, -0.2) is 0 Å². The Kier molecular flexibility index (Phi) is 18.3. The molecule has 0 aliphatic heterocycles. The summed E-state index contributed by atoms with van der Waals surface area (Å²) in [7, 11) is 0. The van der Waals surface area contributed by atoms with Crippen LogP contribution >= 0.6 is 0 Å². The Morgan fingerprint density at radius 1 is 0.478 bits per heavy atom. The van der Waals surface area contributed by atoms with Gasteiger partial charge in [0.05, 0.1) is 0 Å². The van der Waals surface area contributed by atoms with Crippen LogP contribution in [0.25, 0.3) is 0 Å². The molecule has 0 spiro atoms. The summed E-state index contributed by atoms with van der Waals surface area (Å²) in [6.45, 7) is 9.33. The molecule has 1 nitrogen and oxygen atoms in total. The van der Waals surface area contributed by atoms with E-state index in [4.69, 9.17) is 0 Å². The molecule has 0 heterocycles. The van der Waals surface area contributed by atoms with Crippen LogP contribution in [0, 0.1) is 0 Å². The molecule has 0 aliphatic rings. The second kappa shape index (κ2) is 18.3. The molecule has 0 aromatic carbocycles. The molecule has 1 heteroatoms. The molecule has 0 aromatic heterocycles. The lowest BCUT2D eigenvalue weighted by Crippen LogP contribution is -2.34. The van der Waals surface area contributed by atoms with E-state index < -0.39 is 0 Å². The van der Waals surface area contributed by atoms with Gasteiger partial charge in [0.1, 0.15) is 0 Å². The molecule has 2 unspecified atom stereocenters. The van der Waals surface area contributed by atoms with Crippen LogP contribution in [0.5, 0.6) is 0 Å². The second-order valence-corrected chi connectivity index (χ2v) is 7.79. The lowest BCUT2D eigenvalue weighted by atomic mass is 10.0. The highest BCUT2D eigenvalue weighted by molar-refractivity contribution is 4.68. The summed E-state index contributed by atoms with van der Waals surface area (Å²) in [5.41, 5.74) is 0. The van der Waals surface area contributed by atoms with E-state index in [1.54, 1.807) is 0 Å². The lowest BCUT2D eigenvalue weighted by molar-refractivity contribution is 0.402. The van der Waals surface area contributed by atoms with Gasteiger partial charge in [-0.2, -0.15) is 0 Å². The van der Waals surface area contributed by atoms with Gasteiger partial charge in [0.25, 0.3) is 0 Å². The minimum atomic E-state index is 0.699. The van der Waals surface area contributed by atoms with E-state index in [0.29, 0.717) is 12.1 Å². The van der Waals surface area contributed by atoms with Crippen LogP contribution in [-0.4, -0.2) is 12.1 Å². The average Bonchev–Trinajstić information content (AvgIpc) is 2.53. The average molecular weight is 326 g/mol. The van der Waals surface area contributed by atoms with Gasteiger partial charge in [0, 0.05) is 12.1 Å². The van der Waals surface area contributed by atoms with E-state index in [2.05, 4.69) is 33.0 Å². The zero-order valence-corrected chi connectivity index (χ0v) is 17.0. The van der Waals surface area contributed by atoms with Crippen molar-refractivity contribution in [2.24, 2.45) is 0 Å². The van der Waals surface area contributed by atoms with E-state index in [0.717, 1.165) is 0 Å². The van der Waals surface area contributed by atoms with Crippen molar-refractivity contribution in [3.05, 3.63) is 0 Å². The normalized spacial score (nSPS) is 14.1. The Morgan fingerprint density at radius 2 is 0.783 bits per heavy atom. The lowest BCUT2D eigenvalue weighted by Gasteiger charge is -2.20. The first-order valence-corrected chi connectivity index (χ1v) is 11.0. The fourth-order valence-corrected chi connectivity index (χ4v) is 3.47. The highest BCUT2D eigenvalue weighted by Gasteiger charge is 2.07. The predicted octanol–water partition coefficient (Wildman–Crippen LogP) is 7.63. The third kappa shape index (κ3) is 18.1. The van der Waals surface area contributed by atoms with Gasteiger partial charge in [0.2, 0.25) is 0 Å². The molecule has 1 N–H and O–H groups in total. The summed E-state index contributed by atoms with van der Waals surface area (Å²) in [4.78, 5) is 0. The fourth-order valence-electron chi connectivity index (χ4n) is 3.47. The molecular weight excluding hydrogens is 278 g/mol. The zero-order valence-electron chi connectivity index (χ0n) is 17.0. The first kappa shape index (κ1) is 23.0. The summed E-state index contributed by atoms with van der Waals surface area (Å²) in [6.07, 6.45) is 22.6. The van der Waals surface area contributed by atoms with Crippen molar-refractivity contribution in [1.29, 1.82) is 0 Å². The number of unbranched alkanes of at least 4 members (excludes halogenated alkanes) is 12. The number of hydrogen-bond donors (Lipinski definition) is 1. The van der Waals surface area contributed by atoms with Gasteiger partial charge in [0.15, 0.2) is 0 Å². The van der Waals surface area contributed by atoms with Crippen molar-refractivity contribution in [2.45, 2.75) is 143 Å². The van der Waals surface area contributed by atoms with Gasteiger partial charge in [-0.05, 0) is 26.7 Å². The van der Waals surface area contributed by atoms with Gasteiger partial charge in [-0.15, -0.1) is 0 Å². The Bertz CT molecular complexity index is 192. The van der Waals surface area contributed by atoms with Crippen LogP contribution in [0.3, 0.4) is 0 Å². The molecular formula is C22H47N. The maximum absolute atomic E-state index is 3.80. The Balaban J connectivity index is 3.32. The molecule has 0 saturated carbocycles. The van der Waals surface area contributed by atoms with Crippen LogP contribution in [0.1, 0.15) is 130 Å². The molecule has 0 amide bonds. The third-order valence-electron chi connectivity index (χ3n) is 5.05. The van der Waals surface area contributed by atoms with Crippen molar-refractivity contribution in [3.63, 3.8) is 0 Å². The van der Waals surface area contributed by atoms with Crippen molar-refractivity contribution in [2.75, 3.05) is 0 Å². The van der Waals surface area contributed by atoms with E-state index in [1.807, 2.05) is 0 Å². The van der Waals surface area contributed by atoms with E-state index in [9.17, 15) is 0 Å². The van der Waals surface area contributed by atoms with Crippen molar-refractivity contribution < 1.29 is 0 Å². The topological polar surface area (TPSA) is 12.0 Å². The van der Waals surface area contributed by atoms with Gasteiger partial charge < -0.3 is 5.32 Å². The summed E-state index contributed by atoms with van der Waals surface area (Å²) < 4.78 is 0. The number of nitrogens with one attached hydrogen (secondary N) is 1. The smallest absolute Gasteiger partial charge is 0.00412 e. The molecule has 0 rings (SSSR count). The van der Waals surface area contributed by atoms with Crippen LogP contribution in [0.4, 0.5) is 0 Å². The first-order chi connectivity index (χ1) is 11.2. The largest absolute Gasteiger partial charge is 0.312 e. The fraction of sp³-hybridized carbons (Fsp3) is 1.00. The number of hydrogen-bond acceptors (Lipinski definition) is 1. The van der Waals surface area contributed by atoms with Gasteiger partial charge in [-0.3, -0.25) is 0 Å². The molecule has 0 aliphatic carbocycles. The maximum atomic E-state index is 3.80. The van der Waals surface area contributed by atoms with E-state index in [1.165, 1.54) is 103 Å². The molecule has 140 valence electrons. The molecule has 2 atom stereocenters. The second-order valence-electron chi connectivity index (χ2n) is 7.79. The predicted molar refractivity (Wildman–Crippen MR) is 107 cm³/mol. The molecule has 23 heavy (non-hydrogen) atoms. The van der Waals surface area contributed by atoms with Crippen molar-refractivity contribution in [3.8, 4) is 0 Å². The molecule has 0 radical (unpaired) electrons. The summed E-state index contributed by atoms with van der Waals surface area (Å²) >= 11 is 0. The maximum Gasteiger partial charge on any atom is 0.00412 e. The SMILES string of the molecule is CCCCCCCCCC(C)NC(C)CCCCCCCCC. The standard InChI is InChI=1S/C22H47N/c1-5-7-9-11-13-15-17-19-21(3)23-22(4)20-18-16-14-12-10-8-6-2/h21-23H,5-20H2,1-4H3. The first-order valence-electron chi connectivity index (χ1n) is 11.0. The summed E-state index contributed by atoms with van der Waals surface area (Å²) in [5.74, 6) is 0. The van der Waals surface area contributed by atoms with Crippen molar-refractivity contribution >= 4 is 0 Å². The van der Waals surface area contributed by atoms with E-state index in [-0.39, 0.29) is 0 Å². The summed E-state index contributed by atoms with van der Waals surface area (Å²) in [5, 5.41) is 3.80. The van der Waals surface area contributed by atoms with E-state index >= 15 is 0 Å². The highest BCUT2D eigenvalue weighted by Crippen LogP contribution is 2.12. The molecule has 0 saturated heterocycles. The molecule has 0 aromatic rings. The molecule has 0 fully saturated rings.